The van der Waals surface area contributed by atoms with E-state index in [9.17, 15) is 13.6 Å². The van der Waals surface area contributed by atoms with Gasteiger partial charge in [0.05, 0.1) is 19.3 Å². The number of amides is 1. The second-order valence-corrected chi connectivity index (χ2v) is 8.82. The third-order valence-corrected chi connectivity index (χ3v) is 6.58. The van der Waals surface area contributed by atoms with Crippen molar-refractivity contribution in [2.45, 2.75) is 29.2 Å². The van der Waals surface area contributed by atoms with E-state index in [1.165, 1.54) is 24.3 Å². The standard InChI is InChI=1S/C22H24F2N2O2S/c23-17-4-6-19(7-5-17)29-20-13-21(22(27)25-8-10-28-11-9-25)26(15-20)14-16-2-1-3-18(24)12-16/h1-7,12,20-21H,8-11,13-15H2/t20-,21+/m1/s1. The Morgan fingerprint density at radius 1 is 1.07 bits per heavy atom. The average molecular weight is 419 g/mol. The minimum atomic E-state index is -0.269. The van der Waals surface area contributed by atoms with Crippen molar-refractivity contribution in [2.75, 3.05) is 32.8 Å². The minimum absolute atomic E-state index is 0.118. The number of likely N-dealkylation sites (tertiary alicyclic amines) is 1. The first-order valence-electron chi connectivity index (χ1n) is 9.86. The number of benzene rings is 2. The van der Waals surface area contributed by atoms with Crippen molar-refractivity contribution in [2.24, 2.45) is 0 Å². The molecule has 0 unspecified atom stereocenters. The number of hydrogen-bond donors (Lipinski definition) is 0. The van der Waals surface area contributed by atoms with E-state index in [1.807, 2.05) is 11.0 Å². The van der Waals surface area contributed by atoms with Crippen molar-refractivity contribution in [1.29, 1.82) is 0 Å². The van der Waals surface area contributed by atoms with E-state index in [4.69, 9.17) is 4.74 Å². The predicted molar refractivity (Wildman–Crippen MR) is 109 cm³/mol. The Bertz CT molecular complexity index is 843. The Hall–Kier alpha value is -1.96. The molecule has 2 aromatic carbocycles. The lowest BCUT2D eigenvalue weighted by molar-refractivity contribution is -0.140. The van der Waals surface area contributed by atoms with Gasteiger partial charge in [0.1, 0.15) is 11.6 Å². The number of carbonyl (C=O) groups is 1. The van der Waals surface area contributed by atoms with Crippen LogP contribution in [-0.4, -0.2) is 59.8 Å². The summed E-state index contributed by atoms with van der Waals surface area (Å²) in [4.78, 5) is 18.2. The summed E-state index contributed by atoms with van der Waals surface area (Å²) in [7, 11) is 0. The van der Waals surface area contributed by atoms with E-state index >= 15 is 0 Å². The van der Waals surface area contributed by atoms with E-state index < -0.39 is 0 Å². The van der Waals surface area contributed by atoms with Gasteiger partial charge in [-0.25, -0.2) is 8.78 Å². The SMILES string of the molecule is O=C([C@@H]1C[C@@H](Sc2ccc(F)cc2)CN1Cc1cccc(F)c1)N1CCOCC1. The van der Waals surface area contributed by atoms with Gasteiger partial charge in [-0.15, -0.1) is 11.8 Å². The Kier molecular flexibility index (Phi) is 6.47. The van der Waals surface area contributed by atoms with Gasteiger partial charge in [0, 0.05) is 36.3 Å². The van der Waals surface area contributed by atoms with E-state index in [-0.39, 0.29) is 28.8 Å². The molecule has 0 radical (unpaired) electrons. The Balaban J connectivity index is 1.50. The molecule has 0 aromatic heterocycles. The van der Waals surface area contributed by atoms with Gasteiger partial charge in [-0.2, -0.15) is 0 Å². The minimum Gasteiger partial charge on any atom is -0.378 e. The summed E-state index contributed by atoms with van der Waals surface area (Å²) in [6, 6.07) is 12.8. The number of morpholine rings is 1. The molecule has 0 aliphatic carbocycles. The van der Waals surface area contributed by atoms with E-state index in [1.54, 1.807) is 30.0 Å². The smallest absolute Gasteiger partial charge is 0.240 e. The molecule has 4 rings (SSSR count). The number of hydrogen-bond acceptors (Lipinski definition) is 4. The maximum Gasteiger partial charge on any atom is 0.240 e. The molecule has 1 amide bonds. The molecule has 0 N–H and O–H groups in total. The van der Waals surface area contributed by atoms with Crippen LogP contribution in [-0.2, 0) is 16.1 Å². The lowest BCUT2D eigenvalue weighted by atomic mass is 10.1. The average Bonchev–Trinajstić information content (AvgIpc) is 3.12. The van der Waals surface area contributed by atoms with Crippen molar-refractivity contribution in [3.63, 3.8) is 0 Å². The van der Waals surface area contributed by atoms with E-state index in [0.717, 1.165) is 17.0 Å². The Labute approximate surface area is 173 Å². The quantitative estimate of drug-likeness (QED) is 0.744. The normalized spacial score (nSPS) is 22.8. The largest absolute Gasteiger partial charge is 0.378 e. The van der Waals surface area contributed by atoms with Crippen molar-refractivity contribution < 1.29 is 18.3 Å². The van der Waals surface area contributed by atoms with Gasteiger partial charge >= 0.3 is 0 Å². The number of carbonyl (C=O) groups excluding carboxylic acids is 1. The monoisotopic (exact) mass is 418 g/mol. The van der Waals surface area contributed by atoms with Crippen molar-refractivity contribution in [3.05, 3.63) is 65.7 Å². The lowest BCUT2D eigenvalue weighted by Gasteiger charge is -2.32. The molecule has 4 nitrogen and oxygen atoms in total. The van der Waals surface area contributed by atoms with Crippen LogP contribution >= 0.6 is 11.8 Å². The number of rotatable bonds is 5. The second-order valence-electron chi connectivity index (χ2n) is 7.44. The number of halogens is 2. The van der Waals surface area contributed by atoms with E-state index in [2.05, 4.69) is 4.90 Å². The van der Waals surface area contributed by atoms with Crippen molar-refractivity contribution in [1.82, 2.24) is 9.80 Å². The molecule has 0 bridgehead atoms. The first-order chi connectivity index (χ1) is 14.1. The van der Waals surface area contributed by atoms with Crippen LogP contribution in [0.3, 0.4) is 0 Å². The number of nitrogens with zero attached hydrogens (tertiary/aromatic N) is 2. The highest BCUT2D eigenvalue weighted by atomic mass is 32.2. The number of thioether (sulfide) groups is 1. The van der Waals surface area contributed by atoms with Gasteiger partial charge in [0.25, 0.3) is 0 Å². The van der Waals surface area contributed by atoms with Crippen molar-refractivity contribution in [3.8, 4) is 0 Å². The molecule has 7 heteroatoms. The fraction of sp³-hybridized carbons (Fsp3) is 0.409. The van der Waals surface area contributed by atoms with Gasteiger partial charge in [-0.3, -0.25) is 9.69 Å². The molecule has 2 aromatic rings. The fourth-order valence-corrected chi connectivity index (χ4v) is 5.17. The molecule has 2 saturated heterocycles. The predicted octanol–water partition coefficient (Wildman–Crippen LogP) is 3.56. The molecule has 0 saturated carbocycles. The van der Waals surface area contributed by atoms with Gasteiger partial charge in [-0.1, -0.05) is 12.1 Å². The summed E-state index contributed by atoms with van der Waals surface area (Å²) in [6.45, 7) is 3.60. The highest BCUT2D eigenvalue weighted by Crippen LogP contribution is 2.34. The molecule has 29 heavy (non-hydrogen) atoms. The first kappa shape index (κ1) is 20.3. The Morgan fingerprint density at radius 2 is 1.83 bits per heavy atom. The van der Waals surface area contributed by atoms with Gasteiger partial charge in [0.2, 0.25) is 5.91 Å². The summed E-state index contributed by atoms with van der Waals surface area (Å²) in [6.07, 6.45) is 0.716. The summed E-state index contributed by atoms with van der Waals surface area (Å²) in [5.41, 5.74) is 0.859. The van der Waals surface area contributed by atoms with Crippen molar-refractivity contribution >= 4 is 17.7 Å². The van der Waals surface area contributed by atoms with Crippen LogP contribution in [0.5, 0.6) is 0 Å². The summed E-state index contributed by atoms with van der Waals surface area (Å²) >= 11 is 1.67. The molecule has 2 atom stereocenters. The fourth-order valence-electron chi connectivity index (χ4n) is 3.95. The second kappa shape index (κ2) is 9.24. The van der Waals surface area contributed by atoms with Crippen LogP contribution in [0.15, 0.2) is 53.4 Å². The third-order valence-electron chi connectivity index (χ3n) is 5.36. The van der Waals surface area contributed by atoms with Gasteiger partial charge in [-0.05, 0) is 48.4 Å². The summed E-state index contributed by atoms with van der Waals surface area (Å²) in [5, 5.41) is 0.212. The van der Waals surface area contributed by atoms with E-state index in [0.29, 0.717) is 39.3 Å². The first-order valence-corrected chi connectivity index (χ1v) is 10.7. The molecule has 2 heterocycles. The van der Waals surface area contributed by atoms with Crippen LogP contribution in [0.25, 0.3) is 0 Å². The van der Waals surface area contributed by atoms with Crippen LogP contribution in [0.4, 0.5) is 8.78 Å². The summed E-state index contributed by atoms with van der Waals surface area (Å²) < 4.78 is 32.2. The molecular formula is C22H24F2N2O2S. The molecule has 2 aliphatic rings. The maximum atomic E-state index is 13.6. The zero-order chi connectivity index (χ0) is 20.2. The molecule has 2 fully saturated rings. The topological polar surface area (TPSA) is 32.8 Å². The molecule has 2 aliphatic heterocycles. The maximum absolute atomic E-state index is 13.6. The third kappa shape index (κ3) is 5.15. The van der Waals surface area contributed by atoms with Gasteiger partial charge in [0.15, 0.2) is 0 Å². The van der Waals surface area contributed by atoms with Crippen LogP contribution < -0.4 is 0 Å². The lowest BCUT2D eigenvalue weighted by Crippen LogP contribution is -2.49. The highest BCUT2D eigenvalue weighted by Gasteiger charge is 2.39. The Morgan fingerprint density at radius 3 is 2.55 bits per heavy atom. The summed E-state index contributed by atoms with van der Waals surface area (Å²) in [5.74, 6) is -0.407. The highest BCUT2D eigenvalue weighted by molar-refractivity contribution is 8.00. The molecule has 0 spiro atoms. The van der Waals surface area contributed by atoms with Crippen LogP contribution in [0.2, 0.25) is 0 Å². The van der Waals surface area contributed by atoms with Crippen LogP contribution in [0.1, 0.15) is 12.0 Å². The van der Waals surface area contributed by atoms with Gasteiger partial charge < -0.3 is 9.64 Å². The molecule has 154 valence electrons. The van der Waals surface area contributed by atoms with Crippen LogP contribution in [0, 0.1) is 11.6 Å². The zero-order valence-corrected chi connectivity index (χ0v) is 16.9. The number of ether oxygens (including phenoxy) is 1. The zero-order valence-electron chi connectivity index (χ0n) is 16.1. The molecular weight excluding hydrogens is 394 g/mol.